The van der Waals surface area contributed by atoms with E-state index in [9.17, 15) is 18.0 Å². The number of sulfonamides is 1. The van der Waals surface area contributed by atoms with Gasteiger partial charge in [0.1, 0.15) is 18.3 Å². The number of nitrogens with zero attached hydrogens (tertiary/aromatic N) is 2. The molecule has 0 radical (unpaired) electrons. The minimum atomic E-state index is -4.12. The fourth-order valence-electron chi connectivity index (χ4n) is 4.45. The zero-order valence-electron chi connectivity index (χ0n) is 25.0. The molecule has 3 aromatic carbocycles. The Labute approximate surface area is 244 Å². The molecular formula is C32H41N3O5S. The Balaban J connectivity index is 2.07. The summed E-state index contributed by atoms with van der Waals surface area (Å²) in [7, 11) is -2.56. The number of benzene rings is 3. The molecule has 0 aliphatic heterocycles. The van der Waals surface area contributed by atoms with Gasteiger partial charge < -0.3 is 15.0 Å². The lowest BCUT2D eigenvalue weighted by Crippen LogP contribution is -2.52. The number of rotatable bonds is 12. The van der Waals surface area contributed by atoms with Gasteiger partial charge in [-0.1, -0.05) is 54.4 Å². The molecule has 3 rings (SSSR count). The van der Waals surface area contributed by atoms with E-state index in [2.05, 4.69) is 5.32 Å². The van der Waals surface area contributed by atoms with Crippen LogP contribution in [0.2, 0.25) is 0 Å². The second-order valence-corrected chi connectivity index (χ2v) is 12.3. The number of ether oxygens (including phenoxy) is 1. The van der Waals surface area contributed by atoms with Crippen molar-refractivity contribution in [3.63, 3.8) is 0 Å². The second kappa shape index (κ2) is 13.7. The molecule has 220 valence electrons. The van der Waals surface area contributed by atoms with Crippen molar-refractivity contribution < 1.29 is 22.7 Å². The lowest BCUT2D eigenvalue weighted by atomic mass is 10.1. The zero-order valence-corrected chi connectivity index (χ0v) is 25.8. The van der Waals surface area contributed by atoms with Crippen LogP contribution in [0.5, 0.6) is 5.75 Å². The minimum absolute atomic E-state index is 0.0765. The Kier molecular flexibility index (Phi) is 10.6. The smallest absolute Gasteiger partial charge is 0.264 e. The van der Waals surface area contributed by atoms with Crippen LogP contribution in [0.15, 0.2) is 71.6 Å². The van der Waals surface area contributed by atoms with Crippen LogP contribution in [0.25, 0.3) is 0 Å². The third-order valence-corrected chi connectivity index (χ3v) is 8.94. The molecule has 1 N–H and O–H groups in total. The first kappa shape index (κ1) is 31.7. The van der Waals surface area contributed by atoms with Crippen LogP contribution in [-0.2, 0) is 26.2 Å². The second-order valence-electron chi connectivity index (χ2n) is 10.5. The monoisotopic (exact) mass is 579 g/mol. The zero-order chi connectivity index (χ0) is 30.3. The fourth-order valence-corrected chi connectivity index (χ4v) is 5.93. The number of carbonyl (C=O) groups is 2. The Morgan fingerprint density at radius 2 is 1.59 bits per heavy atom. The summed E-state index contributed by atoms with van der Waals surface area (Å²) >= 11 is 0. The van der Waals surface area contributed by atoms with Gasteiger partial charge in [0.2, 0.25) is 11.8 Å². The largest absolute Gasteiger partial charge is 0.497 e. The summed E-state index contributed by atoms with van der Waals surface area (Å²) in [6, 6.07) is 18.3. The first-order valence-electron chi connectivity index (χ1n) is 13.8. The lowest BCUT2D eigenvalue weighted by Gasteiger charge is -2.33. The van der Waals surface area contributed by atoms with E-state index in [1.54, 1.807) is 56.5 Å². The molecular weight excluding hydrogens is 538 g/mol. The summed E-state index contributed by atoms with van der Waals surface area (Å²) in [6.07, 6.45) is 0.734. The Hall–Kier alpha value is -3.85. The van der Waals surface area contributed by atoms with Crippen molar-refractivity contribution in [1.29, 1.82) is 0 Å². The third-order valence-electron chi connectivity index (χ3n) is 7.16. The minimum Gasteiger partial charge on any atom is -0.497 e. The standard InChI is InChI=1S/C32H41N3O5S/c1-8-25(5)33-32(37)26(6)34(20-27-10-9-11-28(19-27)40-7)31(36)21-35(30-17-14-23(3)18-24(30)4)41(38,39)29-15-12-22(2)13-16-29/h9-19,25-26H,8,20-21H2,1-7H3,(H,33,37)/t25-,26+/m0/s1. The molecule has 0 saturated heterocycles. The molecule has 0 unspecified atom stereocenters. The van der Waals surface area contributed by atoms with E-state index < -0.39 is 28.5 Å². The fraction of sp³-hybridized carbons (Fsp3) is 0.375. The van der Waals surface area contributed by atoms with E-state index in [-0.39, 0.29) is 23.4 Å². The summed E-state index contributed by atoms with van der Waals surface area (Å²) in [5, 5.41) is 2.95. The van der Waals surface area contributed by atoms with E-state index >= 15 is 0 Å². The maximum Gasteiger partial charge on any atom is 0.264 e. The predicted molar refractivity (Wildman–Crippen MR) is 163 cm³/mol. The first-order chi connectivity index (χ1) is 19.4. The molecule has 0 aliphatic carbocycles. The summed E-state index contributed by atoms with van der Waals surface area (Å²) in [4.78, 5) is 28.8. The quantitative estimate of drug-likeness (QED) is 0.320. The predicted octanol–water partition coefficient (Wildman–Crippen LogP) is 5.15. The Morgan fingerprint density at radius 3 is 2.20 bits per heavy atom. The molecule has 0 spiro atoms. The van der Waals surface area contributed by atoms with E-state index in [0.29, 0.717) is 11.4 Å². The van der Waals surface area contributed by atoms with Crippen LogP contribution in [0.1, 0.15) is 49.4 Å². The van der Waals surface area contributed by atoms with E-state index in [0.717, 1.165) is 33.0 Å². The third kappa shape index (κ3) is 7.88. The summed E-state index contributed by atoms with van der Waals surface area (Å²) in [6.45, 7) is 10.8. The highest BCUT2D eigenvalue weighted by molar-refractivity contribution is 7.92. The van der Waals surface area contributed by atoms with Gasteiger partial charge in [0, 0.05) is 12.6 Å². The highest BCUT2D eigenvalue weighted by atomic mass is 32.2. The average Bonchev–Trinajstić information content (AvgIpc) is 2.94. The number of hydrogen-bond donors (Lipinski definition) is 1. The van der Waals surface area contributed by atoms with Crippen molar-refractivity contribution in [1.82, 2.24) is 10.2 Å². The van der Waals surface area contributed by atoms with Crippen LogP contribution in [0, 0.1) is 20.8 Å². The van der Waals surface area contributed by atoms with Crippen LogP contribution in [0.3, 0.4) is 0 Å². The van der Waals surface area contributed by atoms with Gasteiger partial charge in [-0.25, -0.2) is 8.42 Å². The molecule has 0 aromatic heterocycles. The van der Waals surface area contributed by atoms with E-state index in [1.807, 2.05) is 58.9 Å². The van der Waals surface area contributed by atoms with Gasteiger partial charge in [0.25, 0.3) is 10.0 Å². The van der Waals surface area contributed by atoms with Gasteiger partial charge >= 0.3 is 0 Å². The number of amides is 2. The normalized spacial score (nSPS) is 12.8. The molecule has 41 heavy (non-hydrogen) atoms. The van der Waals surface area contributed by atoms with Gasteiger partial charge in [-0.2, -0.15) is 0 Å². The summed E-state index contributed by atoms with van der Waals surface area (Å²) in [5.74, 6) is -0.198. The molecule has 8 nitrogen and oxygen atoms in total. The van der Waals surface area contributed by atoms with Gasteiger partial charge in [-0.15, -0.1) is 0 Å². The molecule has 9 heteroatoms. The number of carbonyl (C=O) groups excluding carboxylic acids is 2. The maximum absolute atomic E-state index is 14.1. The average molecular weight is 580 g/mol. The van der Waals surface area contributed by atoms with Crippen LogP contribution < -0.4 is 14.4 Å². The molecule has 0 bridgehead atoms. The van der Waals surface area contributed by atoms with Crippen LogP contribution >= 0.6 is 0 Å². The van der Waals surface area contributed by atoms with Gasteiger partial charge in [-0.05, 0) is 82.5 Å². The number of hydrogen-bond acceptors (Lipinski definition) is 5. The molecule has 3 aromatic rings. The summed E-state index contributed by atoms with van der Waals surface area (Å²) in [5.41, 5.74) is 3.77. The SMILES string of the molecule is CC[C@H](C)NC(=O)[C@@H](C)N(Cc1cccc(OC)c1)C(=O)CN(c1ccc(C)cc1C)S(=O)(=O)c1ccc(C)cc1. The number of anilines is 1. The van der Waals surface area contributed by atoms with Gasteiger partial charge in [0.15, 0.2) is 0 Å². The Bertz CT molecular complexity index is 1470. The molecule has 0 saturated carbocycles. The number of methoxy groups -OCH3 is 1. The van der Waals surface area contributed by atoms with Gasteiger partial charge in [-0.3, -0.25) is 13.9 Å². The van der Waals surface area contributed by atoms with Crippen molar-refractivity contribution >= 4 is 27.5 Å². The van der Waals surface area contributed by atoms with E-state index in [4.69, 9.17) is 4.74 Å². The van der Waals surface area contributed by atoms with E-state index in [1.165, 1.54) is 4.90 Å². The number of nitrogens with one attached hydrogen (secondary N) is 1. The van der Waals surface area contributed by atoms with Crippen LogP contribution in [-0.4, -0.2) is 50.9 Å². The highest BCUT2D eigenvalue weighted by Crippen LogP contribution is 2.28. The highest BCUT2D eigenvalue weighted by Gasteiger charge is 2.33. The molecule has 0 aliphatic rings. The van der Waals surface area contributed by atoms with Crippen molar-refractivity contribution in [2.45, 2.75) is 71.5 Å². The summed E-state index contributed by atoms with van der Waals surface area (Å²) < 4.78 is 34.6. The van der Waals surface area contributed by atoms with Gasteiger partial charge in [0.05, 0.1) is 17.7 Å². The van der Waals surface area contributed by atoms with Crippen molar-refractivity contribution in [2.24, 2.45) is 0 Å². The van der Waals surface area contributed by atoms with Crippen molar-refractivity contribution in [2.75, 3.05) is 18.0 Å². The molecule has 0 heterocycles. The molecule has 2 atom stereocenters. The topological polar surface area (TPSA) is 96.0 Å². The first-order valence-corrected chi connectivity index (χ1v) is 15.2. The maximum atomic E-state index is 14.1. The number of aryl methyl sites for hydroxylation is 3. The van der Waals surface area contributed by atoms with Crippen LogP contribution in [0.4, 0.5) is 5.69 Å². The lowest BCUT2D eigenvalue weighted by molar-refractivity contribution is -0.139. The molecule has 0 fully saturated rings. The molecule has 2 amide bonds. The van der Waals surface area contributed by atoms with Crippen molar-refractivity contribution in [3.05, 3.63) is 89.0 Å². The van der Waals surface area contributed by atoms with Crippen molar-refractivity contribution in [3.8, 4) is 5.75 Å². The Morgan fingerprint density at radius 1 is 0.927 bits per heavy atom.